The van der Waals surface area contributed by atoms with Crippen molar-refractivity contribution in [3.8, 4) is 11.1 Å². The fourth-order valence-corrected chi connectivity index (χ4v) is 4.72. The van der Waals surface area contributed by atoms with Gasteiger partial charge in [-0.1, -0.05) is 48.5 Å². The highest BCUT2D eigenvalue weighted by molar-refractivity contribution is 5.96. The van der Waals surface area contributed by atoms with Crippen molar-refractivity contribution in [1.29, 1.82) is 0 Å². The van der Waals surface area contributed by atoms with Gasteiger partial charge in [0.25, 0.3) is 0 Å². The number of aromatic nitrogens is 1. The van der Waals surface area contributed by atoms with E-state index in [9.17, 15) is 4.79 Å². The standard InChI is InChI=1S/C27H31N3O2/c1-20-15-29(17-22-7-9-24(10-8-22)27(32)19-31)16-21(2)30(20)18-25-5-3-4-6-26(25)23-11-13-28-14-12-23/h3-14,20-21,31H,15-19H2,1-2H3/t20-,21+. The minimum absolute atomic E-state index is 0.237. The normalized spacial score (nSPS) is 19.7. The number of Topliss-reactive ketones (excluding diaryl/α,β-unsaturated/α-hetero) is 1. The van der Waals surface area contributed by atoms with Crippen molar-refractivity contribution in [3.05, 3.63) is 89.7 Å². The smallest absolute Gasteiger partial charge is 0.188 e. The first-order valence-electron chi connectivity index (χ1n) is 11.2. The Kier molecular flexibility index (Phi) is 7.10. The van der Waals surface area contributed by atoms with E-state index in [0.717, 1.165) is 26.2 Å². The number of hydrogen-bond donors (Lipinski definition) is 1. The number of benzene rings is 2. The van der Waals surface area contributed by atoms with Crippen LogP contribution in [0.3, 0.4) is 0 Å². The SMILES string of the molecule is C[C@@H]1CN(Cc2ccc(C(=O)CO)cc2)C[C@H](C)N1Cc1ccccc1-c1ccncc1. The lowest BCUT2D eigenvalue weighted by molar-refractivity contribution is 0.0291. The number of carbonyl (C=O) groups is 1. The van der Waals surface area contributed by atoms with Crippen LogP contribution in [-0.4, -0.2) is 57.5 Å². The van der Waals surface area contributed by atoms with Gasteiger partial charge in [-0.2, -0.15) is 0 Å². The van der Waals surface area contributed by atoms with Gasteiger partial charge in [0.05, 0.1) is 0 Å². The lowest BCUT2D eigenvalue weighted by Gasteiger charge is -2.44. The quantitative estimate of drug-likeness (QED) is 0.575. The Bertz CT molecular complexity index is 1020. The summed E-state index contributed by atoms with van der Waals surface area (Å²) >= 11 is 0. The summed E-state index contributed by atoms with van der Waals surface area (Å²) in [6, 6.07) is 21.3. The van der Waals surface area contributed by atoms with E-state index in [1.165, 1.54) is 22.3 Å². The molecule has 2 heterocycles. The van der Waals surface area contributed by atoms with E-state index in [2.05, 4.69) is 65.0 Å². The zero-order valence-electron chi connectivity index (χ0n) is 18.8. The monoisotopic (exact) mass is 429 g/mol. The molecule has 0 radical (unpaired) electrons. The topological polar surface area (TPSA) is 56.7 Å². The number of rotatable bonds is 7. The second kappa shape index (κ2) is 10.2. The summed E-state index contributed by atoms with van der Waals surface area (Å²) in [4.78, 5) is 20.9. The Morgan fingerprint density at radius 3 is 2.25 bits per heavy atom. The first-order chi connectivity index (χ1) is 15.5. The second-order valence-corrected chi connectivity index (χ2v) is 8.74. The number of hydrogen-bond acceptors (Lipinski definition) is 5. The van der Waals surface area contributed by atoms with Crippen molar-refractivity contribution in [1.82, 2.24) is 14.8 Å². The third-order valence-electron chi connectivity index (χ3n) is 6.36. The molecule has 2 aromatic carbocycles. The molecule has 0 unspecified atom stereocenters. The highest BCUT2D eigenvalue weighted by Gasteiger charge is 2.29. The minimum Gasteiger partial charge on any atom is -0.388 e. The summed E-state index contributed by atoms with van der Waals surface area (Å²) < 4.78 is 0. The van der Waals surface area contributed by atoms with Crippen molar-refractivity contribution in [2.75, 3.05) is 19.7 Å². The van der Waals surface area contributed by atoms with Crippen LogP contribution in [-0.2, 0) is 13.1 Å². The second-order valence-electron chi connectivity index (χ2n) is 8.74. The molecule has 1 aliphatic heterocycles. The number of nitrogens with zero attached hydrogens (tertiary/aromatic N) is 3. The molecule has 5 nitrogen and oxygen atoms in total. The van der Waals surface area contributed by atoms with Gasteiger partial charge >= 0.3 is 0 Å². The van der Waals surface area contributed by atoms with E-state index in [0.29, 0.717) is 17.6 Å². The molecule has 2 atom stereocenters. The van der Waals surface area contributed by atoms with Gasteiger partial charge in [0.1, 0.15) is 6.61 Å². The third-order valence-corrected chi connectivity index (χ3v) is 6.36. The van der Waals surface area contributed by atoms with Gasteiger partial charge < -0.3 is 5.11 Å². The Morgan fingerprint density at radius 1 is 0.938 bits per heavy atom. The van der Waals surface area contributed by atoms with E-state index < -0.39 is 6.61 Å². The molecule has 1 saturated heterocycles. The van der Waals surface area contributed by atoms with Crippen LogP contribution in [0.15, 0.2) is 73.1 Å². The molecular weight excluding hydrogens is 398 g/mol. The van der Waals surface area contributed by atoms with Gasteiger partial charge in [-0.15, -0.1) is 0 Å². The average Bonchev–Trinajstić information content (AvgIpc) is 2.82. The van der Waals surface area contributed by atoms with Gasteiger partial charge in [0.15, 0.2) is 5.78 Å². The van der Waals surface area contributed by atoms with Crippen LogP contribution in [0.25, 0.3) is 11.1 Å². The molecule has 1 aliphatic rings. The molecule has 0 spiro atoms. The molecular formula is C27H31N3O2. The van der Waals surface area contributed by atoms with E-state index in [-0.39, 0.29) is 5.78 Å². The van der Waals surface area contributed by atoms with Gasteiger partial charge in [0.2, 0.25) is 0 Å². The number of piperazine rings is 1. The van der Waals surface area contributed by atoms with Gasteiger partial charge in [-0.05, 0) is 48.2 Å². The summed E-state index contributed by atoms with van der Waals surface area (Å²) in [6.45, 7) is 7.95. The highest BCUT2D eigenvalue weighted by Crippen LogP contribution is 2.27. The summed E-state index contributed by atoms with van der Waals surface area (Å²) in [5.41, 5.74) is 5.58. The van der Waals surface area contributed by atoms with Crippen LogP contribution in [0.5, 0.6) is 0 Å². The number of aliphatic hydroxyl groups is 1. The molecule has 166 valence electrons. The van der Waals surface area contributed by atoms with E-state index >= 15 is 0 Å². The van der Waals surface area contributed by atoms with Gasteiger partial charge in [-0.25, -0.2) is 0 Å². The van der Waals surface area contributed by atoms with Crippen molar-refractivity contribution in [3.63, 3.8) is 0 Å². The average molecular weight is 430 g/mol. The zero-order chi connectivity index (χ0) is 22.5. The Balaban J connectivity index is 1.43. The number of carbonyl (C=O) groups excluding carboxylic acids is 1. The third kappa shape index (κ3) is 5.13. The molecule has 0 bridgehead atoms. The van der Waals surface area contributed by atoms with Gasteiger partial charge in [0, 0.05) is 56.2 Å². The van der Waals surface area contributed by atoms with Crippen LogP contribution in [0, 0.1) is 0 Å². The molecule has 32 heavy (non-hydrogen) atoms. The van der Waals surface area contributed by atoms with Crippen molar-refractivity contribution < 1.29 is 9.90 Å². The predicted molar refractivity (Wildman–Crippen MR) is 127 cm³/mol. The molecule has 0 saturated carbocycles. The molecule has 4 rings (SSSR count). The molecule has 0 amide bonds. The predicted octanol–water partition coefficient (Wildman–Crippen LogP) is 4.02. The molecule has 3 aromatic rings. The lowest BCUT2D eigenvalue weighted by Crippen LogP contribution is -2.55. The zero-order valence-corrected chi connectivity index (χ0v) is 18.8. The van der Waals surface area contributed by atoms with Crippen LogP contribution in [0.1, 0.15) is 35.3 Å². The number of pyridine rings is 1. The molecule has 1 aromatic heterocycles. The van der Waals surface area contributed by atoms with Crippen LogP contribution >= 0.6 is 0 Å². The van der Waals surface area contributed by atoms with Crippen molar-refractivity contribution in [2.45, 2.75) is 39.0 Å². The molecule has 0 aliphatic carbocycles. The summed E-state index contributed by atoms with van der Waals surface area (Å²) in [7, 11) is 0. The largest absolute Gasteiger partial charge is 0.388 e. The number of ketones is 1. The fourth-order valence-electron chi connectivity index (χ4n) is 4.72. The van der Waals surface area contributed by atoms with Crippen LogP contribution in [0.4, 0.5) is 0 Å². The Hall–Kier alpha value is -2.86. The summed E-state index contributed by atoms with van der Waals surface area (Å²) in [6.07, 6.45) is 3.70. The van der Waals surface area contributed by atoms with E-state index in [1.807, 2.05) is 36.7 Å². The maximum atomic E-state index is 11.6. The Labute approximate surface area is 190 Å². The molecule has 1 fully saturated rings. The molecule has 1 N–H and O–H groups in total. The maximum absolute atomic E-state index is 11.6. The van der Waals surface area contributed by atoms with E-state index in [1.54, 1.807) is 0 Å². The maximum Gasteiger partial charge on any atom is 0.188 e. The lowest BCUT2D eigenvalue weighted by atomic mass is 9.98. The highest BCUT2D eigenvalue weighted by atomic mass is 16.3. The van der Waals surface area contributed by atoms with Crippen LogP contribution < -0.4 is 0 Å². The number of aliphatic hydroxyl groups excluding tert-OH is 1. The van der Waals surface area contributed by atoms with E-state index in [4.69, 9.17) is 5.11 Å². The van der Waals surface area contributed by atoms with Gasteiger partial charge in [-0.3, -0.25) is 19.6 Å². The first-order valence-corrected chi connectivity index (χ1v) is 11.2. The first kappa shape index (κ1) is 22.3. The fraction of sp³-hybridized carbons (Fsp3) is 0.333. The molecule has 5 heteroatoms. The van der Waals surface area contributed by atoms with Crippen molar-refractivity contribution in [2.24, 2.45) is 0 Å². The van der Waals surface area contributed by atoms with Crippen molar-refractivity contribution >= 4 is 5.78 Å². The van der Waals surface area contributed by atoms with Crippen LogP contribution in [0.2, 0.25) is 0 Å². The summed E-state index contributed by atoms with van der Waals surface area (Å²) in [5.74, 6) is -0.237. The summed E-state index contributed by atoms with van der Waals surface area (Å²) in [5, 5.41) is 9.02. The minimum atomic E-state index is -0.444. The Morgan fingerprint density at radius 2 is 1.59 bits per heavy atom.